The summed E-state index contributed by atoms with van der Waals surface area (Å²) in [6.45, 7) is 0.527. The third kappa shape index (κ3) is 5.71. The second-order valence-corrected chi connectivity index (χ2v) is 6.78. The predicted octanol–water partition coefficient (Wildman–Crippen LogP) is 4.94. The quantitative estimate of drug-likeness (QED) is 0.297. The first-order valence-corrected chi connectivity index (χ1v) is 9.71. The SMILES string of the molecule is Nc1cc(-c2ccc(F)cc2OCCCOc2cc(CS)cc(Cl)n2)c(F)cn1. The number of hydrogen-bond donors (Lipinski definition) is 2. The molecule has 0 amide bonds. The topological polar surface area (TPSA) is 70.3 Å². The third-order valence-electron chi connectivity index (χ3n) is 3.92. The standard InChI is InChI=1S/C20H18ClF2N3O2S/c21-18-6-12(11-29)7-20(26-18)28-5-1-4-27-17-8-13(22)2-3-14(17)15-9-19(24)25-10-16(15)23/h2-3,6-10,29H,1,4-5,11H2,(H2,24,25). The zero-order chi connectivity index (χ0) is 20.8. The fraction of sp³-hybridized carbons (Fsp3) is 0.200. The minimum atomic E-state index is -0.578. The van der Waals surface area contributed by atoms with Crippen molar-refractivity contribution in [3.8, 4) is 22.8 Å². The van der Waals surface area contributed by atoms with Gasteiger partial charge in [0.1, 0.15) is 28.4 Å². The second kappa shape index (κ2) is 9.76. The summed E-state index contributed by atoms with van der Waals surface area (Å²) in [6.07, 6.45) is 1.50. The molecule has 0 saturated carbocycles. The number of halogens is 3. The Morgan fingerprint density at radius 3 is 2.62 bits per heavy atom. The fourth-order valence-corrected chi connectivity index (χ4v) is 3.01. The van der Waals surface area contributed by atoms with Gasteiger partial charge in [0.2, 0.25) is 5.88 Å². The Labute approximate surface area is 177 Å². The van der Waals surface area contributed by atoms with Gasteiger partial charge in [-0.15, -0.1) is 0 Å². The van der Waals surface area contributed by atoms with Crippen LogP contribution in [0.2, 0.25) is 5.15 Å². The van der Waals surface area contributed by atoms with Gasteiger partial charge < -0.3 is 15.2 Å². The second-order valence-electron chi connectivity index (χ2n) is 6.07. The molecule has 0 bridgehead atoms. The zero-order valence-electron chi connectivity index (χ0n) is 15.2. The fourth-order valence-electron chi connectivity index (χ4n) is 2.61. The maximum atomic E-state index is 14.2. The van der Waals surface area contributed by atoms with Gasteiger partial charge in [-0.2, -0.15) is 12.6 Å². The maximum absolute atomic E-state index is 14.2. The number of aromatic nitrogens is 2. The van der Waals surface area contributed by atoms with Gasteiger partial charge in [-0.25, -0.2) is 18.7 Å². The Morgan fingerprint density at radius 1 is 1.03 bits per heavy atom. The van der Waals surface area contributed by atoms with Crippen LogP contribution in [0.5, 0.6) is 11.6 Å². The number of pyridine rings is 2. The molecule has 1 aromatic carbocycles. The number of thiol groups is 1. The number of ether oxygens (including phenoxy) is 2. The normalized spacial score (nSPS) is 10.8. The van der Waals surface area contributed by atoms with Crippen LogP contribution in [-0.4, -0.2) is 23.2 Å². The van der Waals surface area contributed by atoms with Crippen LogP contribution < -0.4 is 15.2 Å². The van der Waals surface area contributed by atoms with E-state index >= 15 is 0 Å². The van der Waals surface area contributed by atoms with Crippen LogP contribution >= 0.6 is 24.2 Å². The lowest BCUT2D eigenvalue weighted by atomic mass is 10.0. The highest BCUT2D eigenvalue weighted by atomic mass is 35.5. The lowest BCUT2D eigenvalue weighted by Gasteiger charge is -2.13. The predicted molar refractivity (Wildman–Crippen MR) is 112 cm³/mol. The highest BCUT2D eigenvalue weighted by molar-refractivity contribution is 7.79. The van der Waals surface area contributed by atoms with Gasteiger partial charge in [0, 0.05) is 35.4 Å². The van der Waals surface area contributed by atoms with E-state index in [1.165, 1.54) is 24.3 Å². The van der Waals surface area contributed by atoms with E-state index in [9.17, 15) is 8.78 Å². The van der Waals surface area contributed by atoms with Crippen LogP contribution in [0, 0.1) is 11.6 Å². The van der Waals surface area contributed by atoms with Crippen molar-refractivity contribution in [3.63, 3.8) is 0 Å². The van der Waals surface area contributed by atoms with Crippen LogP contribution in [0.3, 0.4) is 0 Å². The van der Waals surface area contributed by atoms with E-state index < -0.39 is 11.6 Å². The van der Waals surface area contributed by atoms with Crippen molar-refractivity contribution in [1.29, 1.82) is 0 Å². The van der Waals surface area contributed by atoms with Gasteiger partial charge in [0.05, 0.1) is 19.4 Å². The molecule has 5 nitrogen and oxygen atoms in total. The maximum Gasteiger partial charge on any atom is 0.214 e. The Morgan fingerprint density at radius 2 is 1.83 bits per heavy atom. The van der Waals surface area contributed by atoms with Crippen molar-refractivity contribution in [2.24, 2.45) is 0 Å². The summed E-state index contributed by atoms with van der Waals surface area (Å²) in [6, 6.07) is 8.70. The van der Waals surface area contributed by atoms with E-state index in [-0.39, 0.29) is 23.7 Å². The Kier molecular flexibility index (Phi) is 7.11. The first kappa shape index (κ1) is 21.1. The van der Waals surface area contributed by atoms with Crippen LogP contribution in [0.1, 0.15) is 12.0 Å². The summed E-state index contributed by atoms with van der Waals surface area (Å²) in [5.41, 5.74) is 7.10. The molecule has 3 aromatic rings. The summed E-state index contributed by atoms with van der Waals surface area (Å²) in [5, 5.41) is 0.325. The Hall–Kier alpha value is -2.58. The van der Waals surface area contributed by atoms with Crippen molar-refractivity contribution in [1.82, 2.24) is 9.97 Å². The summed E-state index contributed by atoms with van der Waals surface area (Å²) >= 11 is 10.1. The molecule has 29 heavy (non-hydrogen) atoms. The highest BCUT2D eigenvalue weighted by Crippen LogP contribution is 2.33. The van der Waals surface area contributed by atoms with Gasteiger partial charge in [-0.1, -0.05) is 11.6 Å². The van der Waals surface area contributed by atoms with Gasteiger partial charge in [0.25, 0.3) is 0 Å². The van der Waals surface area contributed by atoms with E-state index in [0.717, 1.165) is 11.8 Å². The highest BCUT2D eigenvalue weighted by Gasteiger charge is 2.13. The van der Waals surface area contributed by atoms with E-state index in [4.69, 9.17) is 26.8 Å². The van der Waals surface area contributed by atoms with E-state index in [1.807, 2.05) is 0 Å². The molecule has 2 N–H and O–H groups in total. The molecular formula is C20H18ClF2N3O2S. The third-order valence-corrected chi connectivity index (χ3v) is 4.48. The van der Waals surface area contributed by atoms with E-state index in [2.05, 4.69) is 22.6 Å². The number of nitrogen functional groups attached to an aromatic ring is 1. The number of nitrogens with two attached hydrogens (primary N) is 1. The molecule has 0 fully saturated rings. The van der Waals surface area contributed by atoms with Gasteiger partial charge in [-0.05, 0) is 29.8 Å². The lowest BCUT2D eigenvalue weighted by molar-refractivity contribution is 0.242. The van der Waals surface area contributed by atoms with Crippen LogP contribution in [0.4, 0.5) is 14.6 Å². The van der Waals surface area contributed by atoms with Crippen molar-refractivity contribution in [2.75, 3.05) is 18.9 Å². The average Bonchev–Trinajstić information content (AvgIpc) is 2.69. The summed E-state index contributed by atoms with van der Waals surface area (Å²) in [4.78, 5) is 7.78. The molecule has 0 aliphatic rings. The minimum Gasteiger partial charge on any atom is -0.493 e. The molecule has 0 aliphatic heterocycles. The van der Waals surface area contributed by atoms with Gasteiger partial charge >= 0.3 is 0 Å². The smallest absolute Gasteiger partial charge is 0.214 e. The molecule has 152 valence electrons. The lowest BCUT2D eigenvalue weighted by Crippen LogP contribution is -2.07. The molecule has 0 radical (unpaired) electrons. The average molecular weight is 438 g/mol. The Bertz CT molecular complexity index is 1010. The first-order chi connectivity index (χ1) is 14.0. The summed E-state index contributed by atoms with van der Waals surface area (Å²) < 4.78 is 39.1. The van der Waals surface area contributed by atoms with E-state index in [0.29, 0.717) is 35.4 Å². The number of benzene rings is 1. The molecule has 0 saturated heterocycles. The zero-order valence-corrected chi connectivity index (χ0v) is 16.9. The van der Waals surface area contributed by atoms with Gasteiger partial charge in [-0.3, -0.25) is 0 Å². The van der Waals surface area contributed by atoms with Crippen molar-refractivity contribution < 1.29 is 18.3 Å². The molecule has 3 rings (SSSR count). The molecule has 0 unspecified atom stereocenters. The Balaban J connectivity index is 1.63. The van der Waals surface area contributed by atoms with Crippen molar-refractivity contribution in [3.05, 3.63) is 64.9 Å². The monoisotopic (exact) mass is 437 g/mol. The largest absolute Gasteiger partial charge is 0.493 e. The van der Waals surface area contributed by atoms with Crippen molar-refractivity contribution in [2.45, 2.75) is 12.2 Å². The molecule has 2 aromatic heterocycles. The summed E-state index contributed by atoms with van der Waals surface area (Å²) in [5.74, 6) is 0.186. The number of nitrogens with zero attached hydrogens (tertiary/aromatic N) is 2. The molecule has 0 atom stereocenters. The first-order valence-electron chi connectivity index (χ1n) is 8.70. The van der Waals surface area contributed by atoms with Gasteiger partial charge in [0.15, 0.2) is 0 Å². The van der Waals surface area contributed by atoms with Crippen LogP contribution in [0.15, 0.2) is 42.6 Å². The molecule has 0 aliphatic carbocycles. The molecule has 2 heterocycles. The van der Waals surface area contributed by atoms with Crippen molar-refractivity contribution >= 4 is 30.0 Å². The number of rotatable bonds is 8. The van der Waals surface area contributed by atoms with Crippen LogP contribution in [0.25, 0.3) is 11.1 Å². The minimum absolute atomic E-state index is 0.152. The molecule has 9 heteroatoms. The summed E-state index contributed by atoms with van der Waals surface area (Å²) in [7, 11) is 0. The number of anilines is 1. The molecular weight excluding hydrogens is 420 g/mol. The van der Waals surface area contributed by atoms with E-state index in [1.54, 1.807) is 12.1 Å². The van der Waals surface area contributed by atoms with Crippen LogP contribution in [-0.2, 0) is 5.75 Å². The number of hydrogen-bond acceptors (Lipinski definition) is 6. The molecule has 0 spiro atoms.